The second-order valence-corrected chi connectivity index (χ2v) is 7.31. The van der Waals surface area contributed by atoms with Crippen LogP contribution in [0.5, 0.6) is 6.01 Å². The lowest BCUT2D eigenvalue weighted by molar-refractivity contribution is -0.247. The number of alkyl halides is 1. The van der Waals surface area contributed by atoms with Crippen molar-refractivity contribution in [3.05, 3.63) is 22.6 Å². The molecule has 1 aliphatic carbocycles. The number of fused-ring (bicyclic) bond motifs is 7. The van der Waals surface area contributed by atoms with Crippen LogP contribution in [0.3, 0.4) is 0 Å². The van der Waals surface area contributed by atoms with Gasteiger partial charge in [-0.15, -0.1) is 0 Å². The Labute approximate surface area is 137 Å². The number of nitrogens with zero attached hydrogens (tertiary/aromatic N) is 2. The van der Waals surface area contributed by atoms with Crippen LogP contribution in [0.15, 0.2) is 17.1 Å². The Balaban J connectivity index is 1.66. The Morgan fingerprint density at radius 2 is 2.17 bits per heavy atom. The predicted molar refractivity (Wildman–Crippen MR) is 78.4 cm³/mol. The molecule has 4 atom stereocenters. The van der Waals surface area contributed by atoms with Crippen molar-refractivity contribution in [1.82, 2.24) is 9.55 Å². The lowest BCUT2D eigenvalue weighted by Crippen LogP contribution is -2.53. The first-order chi connectivity index (χ1) is 11.5. The lowest BCUT2D eigenvalue weighted by Gasteiger charge is -2.32. The number of hydrogen-bond donors (Lipinski definition) is 0. The maximum Gasteiger partial charge on any atom is 0.302 e. The van der Waals surface area contributed by atoms with Crippen molar-refractivity contribution in [2.24, 2.45) is 0 Å². The molecule has 130 valence electrons. The van der Waals surface area contributed by atoms with Crippen LogP contribution in [0.1, 0.15) is 38.8 Å². The second kappa shape index (κ2) is 4.56. The highest BCUT2D eigenvalue weighted by molar-refractivity contribution is 5.19. The Hall–Kier alpha value is -1.51. The van der Waals surface area contributed by atoms with Crippen LogP contribution < -0.4 is 10.3 Å². The lowest BCUT2D eigenvalue weighted by atomic mass is 9.88. The van der Waals surface area contributed by atoms with Gasteiger partial charge < -0.3 is 18.9 Å². The van der Waals surface area contributed by atoms with Crippen LogP contribution in [0.25, 0.3) is 0 Å². The van der Waals surface area contributed by atoms with E-state index >= 15 is 0 Å². The molecule has 5 rings (SSSR count). The maximum absolute atomic E-state index is 14.1. The minimum Gasteiger partial charge on any atom is -0.461 e. The molecular weight excluding hydrogens is 319 g/mol. The van der Waals surface area contributed by atoms with Crippen LogP contribution in [-0.4, -0.2) is 45.9 Å². The van der Waals surface area contributed by atoms with Gasteiger partial charge in [-0.1, -0.05) is 0 Å². The zero-order chi connectivity index (χ0) is 16.6. The summed E-state index contributed by atoms with van der Waals surface area (Å²) in [6, 6.07) is 1.45. The first-order valence-corrected chi connectivity index (χ1v) is 8.34. The fourth-order valence-electron chi connectivity index (χ4n) is 4.61. The Kier molecular flexibility index (Phi) is 2.81. The van der Waals surface area contributed by atoms with E-state index < -0.39 is 41.6 Å². The Bertz CT molecular complexity index is 748. The molecule has 1 saturated carbocycles. The molecule has 4 aliphatic rings. The number of aromatic nitrogens is 2. The van der Waals surface area contributed by atoms with Gasteiger partial charge in [-0.3, -0.25) is 9.36 Å². The monoisotopic (exact) mass is 338 g/mol. The van der Waals surface area contributed by atoms with Crippen LogP contribution in [0, 0.1) is 0 Å². The van der Waals surface area contributed by atoms with Gasteiger partial charge in [-0.2, -0.15) is 4.98 Å². The maximum atomic E-state index is 14.1. The highest BCUT2D eigenvalue weighted by atomic mass is 19.1. The molecule has 0 radical (unpaired) electrons. The summed E-state index contributed by atoms with van der Waals surface area (Å²) < 4.78 is 40.1. The summed E-state index contributed by atoms with van der Waals surface area (Å²) in [7, 11) is 0. The minimum atomic E-state index is -1.26. The second-order valence-electron chi connectivity index (χ2n) is 7.31. The zero-order valence-electron chi connectivity index (χ0n) is 13.4. The average molecular weight is 338 g/mol. The van der Waals surface area contributed by atoms with Gasteiger partial charge in [0, 0.05) is 25.1 Å². The normalized spacial score (nSPS) is 41.8. The molecule has 7 nitrogen and oxygen atoms in total. The summed E-state index contributed by atoms with van der Waals surface area (Å²) in [6.07, 6.45) is 3.96. The van der Waals surface area contributed by atoms with E-state index in [1.165, 1.54) is 6.07 Å². The Morgan fingerprint density at radius 3 is 2.92 bits per heavy atom. The molecule has 0 aromatic carbocycles. The number of ether oxygens (including phenoxy) is 4. The van der Waals surface area contributed by atoms with Crippen molar-refractivity contribution < 1.29 is 23.3 Å². The molecule has 1 aromatic rings. The molecule has 2 bridgehead atoms. The van der Waals surface area contributed by atoms with Crippen LogP contribution in [0.2, 0.25) is 0 Å². The summed E-state index contributed by atoms with van der Waals surface area (Å²) >= 11 is 0. The standard InChI is InChI=1S/C16H19FN2O5/c1-14-11(22-16(24-14)5-2-3-6-16)15(8-17)9-21-13-18-10(20)4-7-19(13)12(14)23-15/h4,7,11-12H,2-3,5-6,8-9H2,1H3/t11-,12+,14+,15+/m0/s1. The predicted octanol–water partition coefficient (Wildman–Crippen LogP) is 1.32. The van der Waals surface area contributed by atoms with E-state index in [-0.39, 0.29) is 12.6 Å². The van der Waals surface area contributed by atoms with Crippen molar-refractivity contribution in [2.45, 2.75) is 61.9 Å². The number of halogens is 1. The van der Waals surface area contributed by atoms with E-state index in [1.807, 2.05) is 6.92 Å². The third kappa shape index (κ3) is 1.71. The largest absolute Gasteiger partial charge is 0.461 e. The van der Waals surface area contributed by atoms with Crippen LogP contribution in [0.4, 0.5) is 4.39 Å². The average Bonchev–Trinajstić information content (AvgIpc) is 3.15. The molecule has 24 heavy (non-hydrogen) atoms. The summed E-state index contributed by atoms with van der Waals surface area (Å²) in [5.74, 6) is -0.668. The van der Waals surface area contributed by atoms with E-state index in [1.54, 1.807) is 10.8 Å². The summed E-state index contributed by atoms with van der Waals surface area (Å²) in [4.78, 5) is 15.4. The SMILES string of the molecule is C[C@@]12OC3(CCCC3)O[C@@H]1[C@@]1(CF)COc3nc(=O)ccn3[C@@H]2O1. The molecule has 1 spiro atoms. The van der Waals surface area contributed by atoms with Crippen LogP contribution >= 0.6 is 0 Å². The first-order valence-electron chi connectivity index (χ1n) is 8.34. The highest BCUT2D eigenvalue weighted by Crippen LogP contribution is 2.59. The van der Waals surface area contributed by atoms with E-state index in [2.05, 4.69) is 4.98 Å². The smallest absolute Gasteiger partial charge is 0.302 e. The fraction of sp³-hybridized carbons (Fsp3) is 0.750. The van der Waals surface area contributed by atoms with E-state index in [9.17, 15) is 9.18 Å². The zero-order valence-corrected chi connectivity index (χ0v) is 13.4. The summed E-state index contributed by atoms with van der Waals surface area (Å²) in [6.45, 7) is 1.05. The van der Waals surface area contributed by atoms with Gasteiger partial charge in [-0.05, 0) is 19.8 Å². The van der Waals surface area contributed by atoms with Gasteiger partial charge in [0.2, 0.25) is 0 Å². The van der Waals surface area contributed by atoms with Gasteiger partial charge >= 0.3 is 6.01 Å². The fourth-order valence-corrected chi connectivity index (χ4v) is 4.61. The van der Waals surface area contributed by atoms with E-state index in [4.69, 9.17) is 18.9 Å². The molecular formula is C16H19FN2O5. The number of rotatable bonds is 1. The molecule has 8 heteroatoms. The van der Waals surface area contributed by atoms with E-state index in [0.717, 1.165) is 25.7 Å². The Morgan fingerprint density at radius 1 is 1.38 bits per heavy atom. The van der Waals surface area contributed by atoms with Crippen molar-refractivity contribution in [2.75, 3.05) is 13.3 Å². The van der Waals surface area contributed by atoms with Gasteiger partial charge in [0.15, 0.2) is 17.6 Å². The van der Waals surface area contributed by atoms with Gasteiger partial charge in [0.05, 0.1) is 0 Å². The minimum absolute atomic E-state index is 0.0733. The molecule has 0 unspecified atom stereocenters. The molecule has 2 saturated heterocycles. The van der Waals surface area contributed by atoms with Gasteiger partial charge in [0.1, 0.15) is 25.0 Å². The molecule has 3 fully saturated rings. The topological polar surface area (TPSA) is 71.8 Å². The molecule has 1 aromatic heterocycles. The summed E-state index contributed by atoms with van der Waals surface area (Å²) in [5, 5.41) is 0. The van der Waals surface area contributed by atoms with Crippen molar-refractivity contribution in [1.29, 1.82) is 0 Å². The third-order valence-electron chi connectivity index (χ3n) is 5.67. The van der Waals surface area contributed by atoms with Gasteiger partial charge in [0.25, 0.3) is 5.56 Å². The highest BCUT2D eigenvalue weighted by Gasteiger charge is 2.73. The molecule has 4 heterocycles. The van der Waals surface area contributed by atoms with Crippen molar-refractivity contribution in [3.63, 3.8) is 0 Å². The number of hydrogen-bond acceptors (Lipinski definition) is 6. The molecule has 3 aliphatic heterocycles. The quantitative estimate of drug-likeness (QED) is 0.769. The van der Waals surface area contributed by atoms with Crippen LogP contribution in [-0.2, 0) is 14.2 Å². The first kappa shape index (κ1) is 14.8. The van der Waals surface area contributed by atoms with Gasteiger partial charge in [-0.25, -0.2) is 4.39 Å². The molecule has 0 amide bonds. The van der Waals surface area contributed by atoms with Crippen molar-refractivity contribution >= 4 is 0 Å². The third-order valence-corrected chi connectivity index (χ3v) is 5.67. The summed E-state index contributed by atoms with van der Waals surface area (Å²) in [5.41, 5.74) is -2.54. The molecule has 0 N–H and O–H groups in total. The van der Waals surface area contributed by atoms with Crippen molar-refractivity contribution in [3.8, 4) is 6.01 Å². The van der Waals surface area contributed by atoms with E-state index in [0.29, 0.717) is 0 Å².